The molecule has 1 aliphatic heterocycles. The summed E-state index contributed by atoms with van der Waals surface area (Å²) < 4.78 is 1.15. The lowest BCUT2D eigenvalue weighted by molar-refractivity contribution is 0.396. The first-order chi connectivity index (χ1) is 8.60. The summed E-state index contributed by atoms with van der Waals surface area (Å²) in [6, 6.07) is 6.51. The second-order valence-electron chi connectivity index (χ2n) is 5.20. The fourth-order valence-corrected chi connectivity index (χ4v) is 3.49. The Hall–Kier alpha value is -0.0600. The molecular weight excluding hydrogens is 356 g/mol. The van der Waals surface area contributed by atoms with Crippen molar-refractivity contribution in [1.82, 2.24) is 4.90 Å². The number of alkyl halides is 1. The molecule has 1 aromatic rings. The molecule has 0 amide bonds. The zero-order valence-corrected chi connectivity index (χ0v) is 14.2. The molecule has 4 heteroatoms. The van der Waals surface area contributed by atoms with E-state index in [1.54, 1.807) is 0 Å². The normalized spacial score (nSPS) is 20.3. The van der Waals surface area contributed by atoms with Gasteiger partial charge in [0.2, 0.25) is 0 Å². The number of hydrogen-bond acceptors (Lipinski definition) is 2. The molecule has 0 radical (unpaired) electrons. The maximum absolute atomic E-state index is 3.57. The van der Waals surface area contributed by atoms with E-state index in [1.165, 1.54) is 30.8 Å². The predicted octanol–water partition coefficient (Wildman–Crippen LogP) is 3.73. The lowest BCUT2D eigenvalue weighted by atomic mass is 10.1. The largest absolute Gasteiger partial charge is 0.374 e. The molecule has 1 saturated heterocycles. The van der Waals surface area contributed by atoms with E-state index in [0.717, 1.165) is 22.3 Å². The van der Waals surface area contributed by atoms with Gasteiger partial charge in [0.1, 0.15) is 0 Å². The van der Waals surface area contributed by atoms with E-state index >= 15 is 0 Å². The predicted molar refractivity (Wildman–Crippen MR) is 85.6 cm³/mol. The molecule has 100 valence electrons. The van der Waals surface area contributed by atoms with Gasteiger partial charge in [0.15, 0.2) is 0 Å². The molecule has 18 heavy (non-hydrogen) atoms. The Morgan fingerprint density at radius 1 is 1.44 bits per heavy atom. The fourth-order valence-electron chi connectivity index (χ4n) is 2.67. The van der Waals surface area contributed by atoms with Crippen LogP contribution in [-0.4, -0.2) is 38.6 Å². The van der Waals surface area contributed by atoms with E-state index in [-0.39, 0.29) is 0 Å². The summed E-state index contributed by atoms with van der Waals surface area (Å²) in [5.74, 6) is 0.794. The number of benzene rings is 1. The molecule has 0 aromatic heterocycles. The summed E-state index contributed by atoms with van der Waals surface area (Å²) >= 11 is 7.14. The molecule has 0 N–H and O–H groups in total. The zero-order valence-electron chi connectivity index (χ0n) is 11.0. The molecule has 0 spiro atoms. The average molecular weight is 376 g/mol. The van der Waals surface area contributed by atoms with Gasteiger partial charge in [0.25, 0.3) is 0 Å². The van der Waals surface area contributed by atoms with Gasteiger partial charge in [-0.2, -0.15) is 0 Å². The Kier molecular flexibility index (Phi) is 5.10. The molecule has 0 aliphatic carbocycles. The van der Waals surface area contributed by atoms with Crippen LogP contribution < -0.4 is 4.90 Å². The van der Waals surface area contributed by atoms with E-state index in [2.05, 4.69) is 74.0 Å². The average Bonchev–Trinajstić information content (AvgIpc) is 2.74. The van der Waals surface area contributed by atoms with Crippen LogP contribution in [-0.2, 0) is 5.33 Å². The first-order valence-electron chi connectivity index (χ1n) is 6.34. The van der Waals surface area contributed by atoms with Crippen LogP contribution in [0.1, 0.15) is 12.0 Å². The van der Waals surface area contributed by atoms with Crippen molar-refractivity contribution in [2.45, 2.75) is 11.8 Å². The Morgan fingerprint density at radius 2 is 2.22 bits per heavy atom. The van der Waals surface area contributed by atoms with Gasteiger partial charge in [-0.3, -0.25) is 0 Å². The summed E-state index contributed by atoms with van der Waals surface area (Å²) in [5.41, 5.74) is 2.68. The van der Waals surface area contributed by atoms with Crippen LogP contribution in [0.25, 0.3) is 0 Å². The highest BCUT2D eigenvalue weighted by Crippen LogP contribution is 2.28. The van der Waals surface area contributed by atoms with Crippen LogP contribution in [0.4, 0.5) is 5.69 Å². The maximum atomic E-state index is 3.57. The fraction of sp³-hybridized carbons (Fsp3) is 0.571. The van der Waals surface area contributed by atoms with Gasteiger partial charge >= 0.3 is 0 Å². The molecule has 2 rings (SSSR count). The highest BCUT2D eigenvalue weighted by molar-refractivity contribution is 9.10. The third-order valence-corrected chi connectivity index (χ3v) is 4.72. The molecule has 1 heterocycles. The van der Waals surface area contributed by atoms with Crippen molar-refractivity contribution in [2.75, 3.05) is 38.6 Å². The summed E-state index contributed by atoms with van der Waals surface area (Å²) in [5, 5.41) is 0.907. The molecule has 1 aromatic carbocycles. The first kappa shape index (κ1) is 14.4. The van der Waals surface area contributed by atoms with Crippen molar-refractivity contribution in [1.29, 1.82) is 0 Å². The third-order valence-electron chi connectivity index (χ3n) is 3.62. The first-order valence-corrected chi connectivity index (χ1v) is 8.25. The van der Waals surface area contributed by atoms with Crippen molar-refractivity contribution < 1.29 is 0 Å². The lowest BCUT2D eigenvalue weighted by Crippen LogP contribution is -2.27. The van der Waals surface area contributed by atoms with Crippen molar-refractivity contribution in [3.05, 3.63) is 28.2 Å². The van der Waals surface area contributed by atoms with Crippen LogP contribution in [0.2, 0.25) is 0 Å². The Morgan fingerprint density at radius 3 is 2.83 bits per heavy atom. The molecule has 1 atom stereocenters. The number of hydrogen-bond donors (Lipinski definition) is 0. The SMILES string of the molecule is CN1CCC(CN(C)c2cc(Br)ccc2CBr)C1. The van der Waals surface area contributed by atoms with E-state index in [4.69, 9.17) is 0 Å². The van der Waals surface area contributed by atoms with Gasteiger partial charge in [0, 0.05) is 35.6 Å². The number of rotatable bonds is 4. The Labute approximate surface area is 127 Å². The molecule has 1 unspecified atom stereocenters. The molecule has 0 saturated carbocycles. The topological polar surface area (TPSA) is 6.48 Å². The number of likely N-dealkylation sites (tertiary alicyclic amines) is 1. The van der Waals surface area contributed by atoms with Gasteiger partial charge < -0.3 is 9.80 Å². The number of nitrogens with zero attached hydrogens (tertiary/aromatic N) is 2. The van der Waals surface area contributed by atoms with Gasteiger partial charge in [0.05, 0.1) is 0 Å². The molecule has 0 bridgehead atoms. The van der Waals surface area contributed by atoms with Crippen LogP contribution in [0.3, 0.4) is 0 Å². The lowest BCUT2D eigenvalue weighted by Gasteiger charge is -2.25. The molecule has 1 fully saturated rings. The van der Waals surface area contributed by atoms with Crippen LogP contribution in [0.5, 0.6) is 0 Å². The van der Waals surface area contributed by atoms with Crippen LogP contribution in [0.15, 0.2) is 22.7 Å². The minimum absolute atomic E-state index is 0.794. The van der Waals surface area contributed by atoms with E-state index in [1.807, 2.05) is 0 Å². The number of anilines is 1. The second-order valence-corrected chi connectivity index (χ2v) is 6.68. The van der Waals surface area contributed by atoms with Crippen molar-refractivity contribution >= 4 is 37.5 Å². The minimum atomic E-state index is 0.794. The van der Waals surface area contributed by atoms with Gasteiger partial charge in [-0.15, -0.1) is 0 Å². The summed E-state index contributed by atoms with van der Waals surface area (Å²) in [4.78, 5) is 4.82. The minimum Gasteiger partial charge on any atom is -0.374 e. The maximum Gasteiger partial charge on any atom is 0.0416 e. The smallest absolute Gasteiger partial charge is 0.0416 e. The summed E-state index contributed by atoms with van der Waals surface area (Å²) in [6.07, 6.45) is 1.32. The third kappa shape index (κ3) is 3.49. The molecule has 1 aliphatic rings. The molecular formula is C14H20Br2N2. The van der Waals surface area contributed by atoms with E-state index in [0.29, 0.717) is 0 Å². The summed E-state index contributed by atoms with van der Waals surface area (Å²) in [7, 11) is 4.41. The van der Waals surface area contributed by atoms with Crippen LogP contribution in [0, 0.1) is 5.92 Å². The standard InChI is InChI=1S/C14H20Br2N2/c1-17-6-5-11(9-17)10-18(2)14-7-13(16)4-3-12(14)8-15/h3-4,7,11H,5-6,8-10H2,1-2H3. The second kappa shape index (κ2) is 6.40. The Bertz CT molecular complexity index is 409. The highest BCUT2D eigenvalue weighted by Gasteiger charge is 2.21. The van der Waals surface area contributed by atoms with Crippen molar-refractivity contribution in [3.63, 3.8) is 0 Å². The van der Waals surface area contributed by atoms with Gasteiger partial charge in [-0.25, -0.2) is 0 Å². The highest BCUT2D eigenvalue weighted by atomic mass is 79.9. The molecule has 2 nitrogen and oxygen atoms in total. The summed E-state index contributed by atoms with van der Waals surface area (Å²) in [6.45, 7) is 3.60. The van der Waals surface area contributed by atoms with E-state index < -0.39 is 0 Å². The van der Waals surface area contributed by atoms with Crippen molar-refractivity contribution in [2.24, 2.45) is 5.92 Å². The number of halogens is 2. The van der Waals surface area contributed by atoms with Gasteiger partial charge in [-0.05, 0) is 43.6 Å². The quantitative estimate of drug-likeness (QED) is 0.739. The zero-order chi connectivity index (χ0) is 13.1. The Balaban J connectivity index is 2.08. The van der Waals surface area contributed by atoms with Gasteiger partial charge in [-0.1, -0.05) is 37.9 Å². The van der Waals surface area contributed by atoms with Crippen LogP contribution >= 0.6 is 31.9 Å². The monoisotopic (exact) mass is 374 g/mol. The van der Waals surface area contributed by atoms with Crippen molar-refractivity contribution in [3.8, 4) is 0 Å². The van der Waals surface area contributed by atoms with E-state index in [9.17, 15) is 0 Å².